The molecular weight excluding hydrogens is 240 g/mol. The number of benzene rings is 2. The Morgan fingerprint density at radius 2 is 1.68 bits per heavy atom. The molecule has 98 valence electrons. The highest BCUT2D eigenvalue weighted by Gasteiger charge is 2.12. The van der Waals surface area contributed by atoms with Gasteiger partial charge in [0.25, 0.3) is 5.69 Å². The number of nitrogens with two attached hydrogens (primary N) is 1. The van der Waals surface area contributed by atoms with Gasteiger partial charge in [-0.2, -0.15) is 0 Å². The van der Waals surface area contributed by atoms with Crippen LogP contribution in [0.2, 0.25) is 0 Å². The Labute approximate surface area is 112 Å². The van der Waals surface area contributed by atoms with Gasteiger partial charge in [-0.25, -0.2) is 0 Å². The Kier molecular flexibility index (Phi) is 4.26. The minimum atomic E-state index is -0.390. The molecule has 0 amide bonds. The van der Waals surface area contributed by atoms with E-state index in [2.05, 4.69) is 12.1 Å². The predicted octanol–water partition coefficient (Wildman–Crippen LogP) is 2.88. The van der Waals surface area contributed by atoms with Crippen LogP contribution in [0.25, 0.3) is 0 Å². The van der Waals surface area contributed by atoms with Crippen molar-refractivity contribution in [2.24, 2.45) is 5.73 Å². The lowest BCUT2D eigenvalue weighted by molar-refractivity contribution is -0.384. The molecule has 2 rings (SSSR count). The van der Waals surface area contributed by atoms with Crippen molar-refractivity contribution in [1.82, 2.24) is 0 Å². The number of nitro groups is 1. The topological polar surface area (TPSA) is 69.2 Å². The third-order valence-electron chi connectivity index (χ3n) is 3.18. The van der Waals surface area contributed by atoms with E-state index in [4.69, 9.17) is 5.73 Å². The number of non-ortho nitro benzene ring substituents is 1. The zero-order valence-corrected chi connectivity index (χ0v) is 10.5. The lowest BCUT2D eigenvalue weighted by atomic mass is 9.92. The summed E-state index contributed by atoms with van der Waals surface area (Å²) in [6.07, 6.45) is 0.842. The Bertz CT molecular complexity index is 538. The Balaban J connectivity index is 2.15. The van der Waals surface area contributed by atoms with Gasteiger partial charge in [-0.05, 0) is 24.1 Å². The highest BCUT2D eigenvalue weighted by molar-refractivity contribution is 5.35. The van der Waals surface area contributed by atoms with Crippen molar-refractivity contribution in [1.29, 1.82) is 0 Å². The van der Waals surface area contributed by atoms with Crippen LogP contribution in [0.15, 0.2) is 54.6 Å². The highest BCUT2D eigenvalue weighted by Crippen LogP contribution is 2.22. The number of hydrogen-bond acceptors (Lipinski definition) is 3. The molecule has 0 saturated carbocycles. The summed E-state index contributed by atoms with van der Waals surface area (Å²) in [6, 6.07) is 16.7. The maximum absolute atomic E-state index is 10.6. The van der Waals surface area contributed by atoms with Gasteiger partial charge in [0, 0.05) is 18.1 Å². The number of nitrogens with zero attached hydrogens (tertiary/aromatic N) is 1. The van der Waals surface area contributed by atoms with E-state index in [0.717, 1.165) is 12.0 Å². The lowest BCUT2D eigenvalue weighted by Gasteiger charge is -2.15. The van der Waals surface area contributed by atoms with Gasteiger partial charge < -0.3 is 5.73 Å². The third-order valence-corrected chi connectivity index (χ3v) is 3.18. The van der Waals surface area contributed by atoms with Gasteiger partial charge in [0.15, 0.2) is 0 Å². The average Bonchev–Trinajstić information content (AvgIpc) is 2.46. The maximum Gasteiger partial charge on any atom is 0.269 e. The predicted molar refractivity (Wildman–Crippen MR) is 75.0 cm³/mol. The molecule has 0 bridgehead atoms. The van der Waals surface area contributed by atoms with E-state index in [9.17, 15) is 10.1 Å². The maximum atomic E-state index is 10.6. The molecule has 19 heavy (non-hydrogen) atoms. The second-order valence-electron chi connectivity index (χ2n) is 4.47. The first kappa shape index (κ1) is 13.2. The molecule has 1 unspecified atom stereocenters. The van der Waals surface area contributed by atoms with E-state index in [1.165, 1.54) is 17.7 Å². The van der Waals surface area contributed by atoms with Gasteiger partial charge in [0.1, 0.15) is 0 Å². The summed E-state index contributed by atoms with van der Waals surface area (Å²) in [6.45, 7) is 0.521. The van der Waals surface area contributed by atoms with Crippen LogP contribution in [0.3, 0.4) is 0 Å². The SMILES string of the molecule is NCC(Cc1ccccc1)c1ccc([N+](=O)[O-])cc1. The Morgan fingerprint density at radius 3 is 2.21 bits per heavy atom. The summed E-state index contributed by atoms with van der Waals surface area (Å²) in [5, 5.41) is 10.6. The molecule has 0 heterocycles. The van der Waals surface area contributed by atoms with Crippen molar-refractivity contribution in [3.8, 4) is 0 Å². The van der Waals surface area contributed by atoms with Crippen LogP contribution < -0.4 is 5.73 Å². The van der Waals surface area contributed by atoms with Gasteiger partial charge in [0.05, 0.1) is 4.92 Å². The van der Waals surface area contributed by atoms with Gasteiger partial charge in [-0.1, -0.05) is 42.5 Å². The van der Waals surface area contributed by atoms with Gasteiger partial charge in [0.2, 0.25) is 0 Å². The molecule has 4 nitrogen and oxygen atoms in total. The van der Waals surface area contributed by atoms with E-state index >= 15 is 0 Å². The van der Waals surface area contributed by atoms with E-state index < -0.39 is 4.92 Å². The first-order chi connectivity index (χ1) is 9.20. The zero-order valence-electron chi connectivity index (χ0n) is 10.5. The van der Waals surface area contributed by atoms with Crippen molar-refractivity contribution in [3.05, 3.63) is 75.8 Å². The van der Waals surface area contributed by atoms with E-state index in [0.29, 0.717) is 6.54 Å². The largest absolute Gasteiger partial charge is 0.330 e. The molecule has 1 atom stereocenters. The molecule has 2 N–H and O–H groups in total. The lowest BCUT2D eigenvalue weighted by Crippen LogP contribution is -2.15. The van der Waals surface area contributed by atoms with Crippen molar-refractivity contribution in [2.75, 3.05) is 6.54 Å². The summed E-state index contributed by atoms with van der Waals surface area (Å²) in [4.78, 5) is 10.2. The normalized spacial score (nSPS) is 12.1. The second kappa shape index (κ2) is 6.11. The summed E-state index contributed by atoms with van der Waals surface area (Å²) in [5.41, 5.74) is 8.18. The molecule has 2 aromatic carbocycles. The monoisotopic (exact) mass is 256 g/mol. The van der Waals surface area contributed by atoms with Crippen LogP contribution in [-0.4, -0.2) is 11.5 Å². The molecule has 0 aliphatic heterocycles. The highest BCUT2D eigenvalue weighted by atomic mass is 16.6. The number of rotatable bonds is 5. The number of nitro benzene ring substituents is 1. The molecule has 0 aliphatic rings. The van der Waals surface area contributed by atoms with Crippen LogP contribution in [0.1, 0.15) is 17.0 Å². The minimum absolute atomic E-state index is 0.110. The van der Waals surface area contributed by atoms with Gasteiger partial charge >= 0.3 is 0 Å². The van der Waals surface area contributed by atoms with Gasteiger partial charge in [-0.15, -0.1) is 0 Å². The molecule has 0 radical (unpaired) electrons. The van der Waals surface area contributed by atoms with Crippen molar-refractivity contribution >= 4 is 5.69 Å². The average molecular weight is 256 g/mol. The molecule has 0 saturated heterocycles. The summed E-state index contributed by atoms with van der Waals surface area (Å²) >= 11 is 0. The van der Waals surface area contributed by atoms with Gasteiger partial charge in [-0.3, -0.25) is 10.1 Å². The Hall–Kier alpha value is -2.20. The van der Waals surface area contributed by atoms with E-state index in [1.54, 1.807) is 12.1 Å². The van der Waals surface area contributed by atoms with Crippen LogP contribution in [0.4, 0.5) is 5.69 Å². The second-order valence-corrected chi connectivity index (χ2v) is 4.47. The fraction of sp³-hybridized carbons (Fsp3) is 0.200. The standard InChI is InChI=1S/C15H16N2O2/c16-11-14(10-12-4-2-1-3-5-12)13-6-8-15(9-7-13)17(18)19/h1-9,14H,10-11,16H2. The molecule has 0 spiro atoms. The molecular formula is C15H16N2O2. The van der Waals surface area contributed by atoms with E-state index in [1.807, 2.05) is 18.2 Å². The first-order valence-corrected chi connectivity index (χ1v) is 6.19. The summed E-state index contributed by atoms with van der Waals surface area (Å²) < 4.78 is 0. The third kappa shape index (κ3) is 3.39. The van der Waals surface area contributed by atoms with Crippen molar-refractivity contribution < 1.29 is 4.92 Å². The van der Waals surface area contributed by atoms with Crippen LogP contribution >= 0.6 is 0 Å². The molecule has 2 aromatic rings. The fourth-order valence-corrected chi connectivity index (χ4v) is 2.10. The summed E-state index contributed by atoms with van der Waals surface area (Å²) in [5.74, 6) is 0.184. The molecule has 0 fully saturated rings. The van der Waals surface area contributed by atoms with Crippen LogP contribution in [0, 0.1) is 10.1 Å². The smallest absolute Gasteiger partial charge is 0.269 e. The van der Waals surface area contributed by atoms with Crippen LogP contribution in [0.5, 0.6) is 0 Å². The zero-order chi connectivity index (χ0) is 13.7. The van der Waals surface area contributed by atoms with E-state index in [-0.39, 0.29) is 11.6 Å². The molecule has 4 heteroatoms. The van der Waals surface area contributed by atoms with Crippen molar-refractivity contribution in [3.63, 3.8) is 0 Å². The number of hydrogen-bond donors (Lipinski definition) is 1. The molecule has 0 aromatic heterocycles. The van der Waals surface area contributed by atoms with Crippen LogP contribution in [-0.2, 0) is 6.42 Å². The minimum Gasteiger partial charge on any atom is -0.330 e. The van der Waals surface area contributed by atoms with Crippen molar-refractivity contribution in [2.45, 2.75) is 12.3 Å². The summed E-state index contributed by atoms with van der Waals surface area (Å²) in [7, 11) is 0. The quantitative estimate of drug-likeness (QED) is 0.660. The fourth-order valence-electron chi connectivity index (χ4n) is 2.10. The molecule has 0 aliphatic carbocycles. The first-order valence-electron chi connectivity index (χ1n) is 6.19. The Morgan fingerprint density at radius 1 is 1.05 bits per heavy atom.